The van der Waals surface area contributed by atoms with E-state index in [1.165, 1.54) is 0 Å². The van der Waals surface area contributed by atoms with Gasteiger partial charge >= 0.3 is 0 Å². The summed E-state index contributed by atoms with van der Waals surface area (Å²) in [5.74, 6) is -0.208. The minimum absolute atomic E-state index is 0.208. The molecule has 0 saturated heterocycles. The van der Waals surface area contributed by atoms with E-state index in [1.807, 2.05) is 13.0 Å². The maximum Gasteiger partial charge on any atom is 0.255 e. The van der Waals surface area contributed by atoms with E-state index in [9.17, 15) is 4.79 Å². The second-order valence-corrected chi connectivity index (χ2v) is 5.93. The van der Waals surface area contributed by atoms with E-state index in [0.717, 1.165) is 10.2 Å². The van der Waals surface area contributed by atoms with Crippen molar-refractivity contribution in [2.75, 3.05) is 5.32 Å². The lowest BCUT2D eigenvalue weighted by Crippen LogP contribution is -2.12. The van der Waals surface area contributed by atoms with Crippen molar-refractivity contribution in [3.8, 4) is 0 Å². The molecule has 2 rings (SSSR count). The topological polar surface area (TPSA) is 42.0 Å². The van der Waals surface area contributed by atoms with Gasteiger partial charge in [0.25, 0.3) is 5.91 Å². The normalized spacial score (nSPS) is 10.3. The molecule has 3 nitrogen and oxygen atoms in total. The Kier molecular flexibility index (Phi) is 4.60. The summed E-state index contributed by atoms with van der Waals surface area (Å²) in [7, 11) is 0. The van der Waals surface area contributed by atoms with E-state index in [2.05, 4.69) is 42.2 Å². The molecular weight excluding hydrogens is 395 g/mol. The largest absolute Gasteiger partial charge is 0.321 e. The molecule has 2 aromatic rings. The molecule has 0 radical (unpaired) electrons. The number of aromatic nitrogens is 1. The molecule has 1 amide bonds. The zero-order valence-corrected chi connectivity index (χ0v) is 13.8. The van der Waals surface area contributed by atoms with Crippen LogP contribution in [0.1, 0.15) is 15.9 Å². The van der Waals surface area contributed by atoms with E-state index in [0.29, 0.717) is 20.7 Å². The average Bonchev–Trinajstić information content (AvgIpc) is 2.37. The quantitative estimate of drug-likeness (QED) is 0.729. The number of rotatable bonds is 2. The summed E-state index contributed by atoms with van der Waals surface area (Å²) in [6.45, 7) is 1.91. The fourth-order valence-electron chi connectivity index (χ4n) is 1.47. The number of hydrogen-bond acceptors (Lipinski definition) is 2. The molecule has 1 N–H and O–H groups in total. The van der Waals surface area contributed by atoms with E-state index in [4.69, 9.17) is 11.6 Å². The maximum atomic E-state index is 12.1. The third-order valence-electron chi connectivity index (χ3n) is 2.45. The van der Waals surface area contributed by atoms with Crippen LogP contribution in [0.2, 0.25) is 5.02 Å². The Morgan fingerprint density at radius 3 is 2.68 bits per heavy atom. The Hall–Kier alpha value is -0.910. The zero-order chi connectivity index (χ0) is 14.0. The Morgan fingerprint density at radius 2 is 2.05 bits per heavy atom. The van der Waals surface area contributed by atoms with Crippen molar-refractivity contribution in [3.63, 3.8) is 0 Å². The van der Waals surface area contributed by atoms with Crippen LogP contribution in [0.4, 0.5) is 5.69 Å². The van der Waals surface area contributed by atoms with Crippen molar-refractivity contribution in [2.45, 2.75) is 6.92 Å². The first kappa shape index (κ1) is 14.5. The van der Waals surface area contributed by atoms with E-state index in [1.54, 1.807) is 24.4 Å². The van der Waals surface area contributed by atoms with Gasteiger partial charge in [-0.05, 0) is 68.6 Å². The van der Waals surface area contributed by atoms with Gasteiger partial charge in [0.2, 0.25) is 0 Å². The van der Waals surface area contributed by atoms with Gasteiger partial charge < -0.3 is 5.32 Å². The Morgan fingerprint density at radius 1 is 1.32 bits per heavy atom. The molecule has 0 saturated carbocycles. The highest BCUT2D eigenvalue weighted by molar-refractivity contribution is 9.10. The van der Waals surface area contributed by atoms with Crippen molar-refractivity contribution in [1.29, 1.82) is 0 Å². The lowest BCUT2D eigenvalue weighted by molar-refractivity contribution is 0.102. The first-order valence-electron chi connectivity index (χ1n) is 5.36. The highest BCUT2D eigenvalue weighted by Crippen LogP contribution is 2.24. The summed E-state index contributed by atoms with van der Waals surface area (Å²) in [4.78, 5) is 16.2. The molecule has 1 aromatic carbocycles. The number of aryl methyl sites for hydroxylation is 1. The molecule has 0 unspecified atom stereocenters. The highest BCUT2D eigenvalue weighted by atomic mass is 79.9. The van der Waals surface area contributed by atoms with Gasteiger partial charge in [-0.25, -0.2) is 4.98 Å². The van der Waals surface area contributed by atoms with E-state index < -0.39 is 0 Å². The molecule has 0 bridgehead atoms. The number of benzene rings is 1. The average molecular weight is 404 g/mol. The summed E-state index contributed by atoms with van der Waals surface area (Å²) < 4.78 is 1.45. The molecule has 98 valence electrons. The molecule has 1 heterocycles. The van der Waals surface area contributed by atoms with Crippen LogP contribution in [-0.2, 0) is 0 Å². The highest BCUT2D eigenvalue weighted by Gasteiger charge is 2.09. The molecule has 6 heteroatoms. The summed E-state index contributed by atoms with van der Waals surface area (Å²) >= 11 is 12.5. The number of amides is 1. The van der Waals surface area contributed by atoms with Crippen molar-refractivity contribution in [2.24, 2.45) is 0 Å². The van der Waals surface area contributed by atoms with Crippen molar-refractivity contribution >= 4 is 55.1 Å². The Labute approximate surface area is 132 Å². The number of hydrogen-bond donors (Lipinski definition) is 1. The van der Waals surface area contributed by atoms with Crippen LogP contribution >= 0.6 is 43.5 Å². The standard InChI is InChI=1S/C13H9Br2ClN2O/c1-7-4-9(6-17-12(7)15)18-13(19)8-2-3-11(16)10(14)5-8/h2-6H,1H3,(H,18,19). The summed E-state index contributed by atoms with van der Waals surface area (Å²) in [5, 5.41) is 3.35. The number of nitrogens with one attached hydrogen (secondary N) is 1. The molecule has 1 aromatic heterocycles. The minimum atomic E-state index is -0.208. The van der Waals surface area contributed by atoms with Gasteiger partial charge in [-0.3, -0.25) is 4.79 Å². The molecule has 0 aliphatic heterocycles. The SMILES string of the molecule is Cc1cc(NC(=O)c2ccc(Cl)c(Br)c2)cnc1Br. The minimum Gasteiger partial charge on any atom is -0.321 e. The van der Waals surface area contributed by atoms with Gasteiger partial charge in [-0.2, -0.15) is 0 Å². The van der Waals surface area contributed by atoms with Gasteiger partial charge in [-0.15, -0.1) is 0 Å². The van der Waals surface area contributed by atoms with Crippen LogP contribution in [0.25, 0.3) is 0 Å². The van der Waals surface area contributed by atoms with Crippen LogP contribution in [0.3, 0.4) is 0 Å². The molecule has 0 aliphatic carbocycles. The summed E-state index contributed by atoms with van der Waals surface area (Å²) in [5.41, 5.74) is 2.13. The number of anilines is 1. The second-order valence-electron chi connectivity index (χ2n) is 3.91. The van der Waals surface area contributed by atoms with Crippen LogP contribution in [-0.4, -0.2) is 10.9 Å². The Bertz CT molecular complexity index is 647. The predicted molar refractivity (Wildman–Crippen MR) is 83.8 cm³/mol. The summed E-state index contributed by atoms with van der Waals surface area (Å²) in [6, 6.07) is 6.87. The van der Waals surface area contributed by atoms with Gasteiger partial charge in [0.15, 0.2) is 0 Å². The molecule has 0 fully saturated rings. The fraction of sp³-hybridized carbons (Fsp3) is 0.0769. The van der Waals surface area contributed by atoms with Gasteiger partial charge in [0.05, 0.1) is 16.9 Å². The van der Waals surface area contributed by atoms with Gasteiger partial charge in [-0.1, -0.05) is 11.6 Å². The van der Waals surface area contributed by atoms with Crippen molar-refractivity contribution in [1.82, 2.24) is 4.98 Å². The third-order valence-corrected chi connectivity index (χ3v) is 4.50. The molecule has 0 aliphatic rings. The summed E-state index contributed by atoms with van der Waals surface area (Å²) in [6.07, 6.45) is 1.60. The van der Waals surface area contributed by atoms with E-state index in [-0.39, 0.29) is 5.91 Å². The van der Waals surface area contributed by atoms with Crippen LogP contribution < -0.4 is 5.32 Å². The number of nitrogens with zero attached hydrogens (tertiary/aromatic N) is 1. The number of pyridine rings is 1. The first-order valence-corrected chi connectivity index (χ1v) is 7.32. The first-order chi connectivity index (χ1) is 8.97. The van der Waals surface area contributed by atoms with Gasteiger partial charge in [0.1, 0.15) is 4.60 Å². The lowest BCUT2D eigenvalue weighted by Gasteiger charge is -2.07. The fourth-order valence-corrected chi connectivity index (χ4v) is 2.18. The molecule has 0 atom stereocenters. The molecule has 19 heavy (non-hydrogen) atoms. The molecule has 0 spiro atoms. The predicted octanol–water partition coefficient (Wildman–Crippen LogP) is 4.82. The second kappa shape index (κ2) is 6.03. The maximum absolute atomic E-state index is 12.1. The third kappa shape index (κ3) is 3.55. The van der Waals surface area contributed by atoms with Crippen molar-refractivity contribution < 1.29 is 4.79 Å². The Balaban J connectivity index is 2.20. The van der Waals surface area contributed by atoms with Gasteiger partial charge in [0, 0.05) is 10.0 Å². The lowest BCUT2D eigenvalue weighted by atomic mass is 10.2. The number of carbonyl (C=O) groups is 1. The molecular formula is C13H9Br2ClN2O. The van der Waals surface area contributed by atoms with Crippen LogP contribution in [0, 0.1) is 6.92 Å². The zero-order valence-electron chi connectivity index (χ0n) is 9.88. The smallest absolute Gasteiger partial charge is 0.255 e. The monoisotopic (exact) mass is 402 g/mol. The van der Waals surface area contributed by atoms with Crippen LogP contribution in [0.15, 0.2) is 39.5 Å². The number of halogens is 3. The van der Waals surface area contributed by atoms with Crippen molar-refractivity contribution in [3.05, 3.63) is 55.7 Å². The van der Waals surface area contributed by atoms with E-state index >= 15 is 0 Å². The number of carbonyl (C=O) groups excluding carboxylic acids is 1. The van der Waals surface area contributed by atoms with Crippen LogP contribution in [0.5, 0.6) is 0 Å².